The van der Waals surface area contributed by atoms with Crippen molar-refractivity contribution in [2.45, 2.75) is 0 Å². The topological polar surface area (TPSA) is 87.7 Å². The van der Waals surface area contributed by atoms with Crippen LogP contribution in [0.15, 0.2) is 16.6 Å². The Morgan fingerprint density at radius 3 is 2.45 bits per heavy atom. The van der Waals surface area contributed by atoms with E-state index in [2.05, 4.69) is 26.6 Å². The standard InChI is InChI=1S/C11H11BrCl2N2O4/c12-6-3-7(13)10(8(14)4-6)16-11(19)15-1-2-20-5-9(17)18/h3-4H,1-2,5H2,(H,17,18)(H2,15,16,19). The van der Waals surface area contributed by atoms with E-state index in [0.29, 0.717) is 20.2 Å². The van der Waals surface area contributed by atoms with E-state index < -0.39 is 18.6 Å². The van der Waals surface area contributed by atoms with Crippen LogP contribution in [-0.2, 0) is 9.53 Å². The van der Waals surface area contributed by atoms with Crippen molar-refractivity contribution in [2.24, 2.45) is 0 Å². The maximum atomic E-state index is 11.6. The van der Waals surface area contributed by atoms with Crippen molar-refractivity contribution in [3.63, 3.8) is 0 Å². The minimum absolute atomic E-state index is 0.0848. The number of carbonyl (C=O) groups is 2. The SMILES string of the molecule is O=C(O)COCCNC(=O)Nc1c(Cl)cc(Br)cc1Cl. The van der Waals surface area contributed by atoms with Crippen LogP contribution in [-0.4, -0.2) is 36.9 Å². The highest BCUT2D eigenvalue weighted by molar-refractivity contribution is 9.10. The summed E-state index contributed by atoms with van der Waals surface area (Å²) in [5.41, 5.74) is 0.292. The molecule has 0 aliphatic heterocycles. The third kappa shape index (κ3) is 5.96. The second kappa shape index (κ2) is 8.31. The van der Waals surface area contributed by atoms with Crippen molar-refractivity contribution in [1.29, 1.82) is 0 Å². The summed E-state index contributed by atoms with van der Waals surface area (Å²) in [6, 6.07) is 2.67. The van der Waals surface area contributed by atoms with Crippen LogP contribution in [0.5, 0.6) is 0 Å². The first-order valence-electron chi connectivity index (χ1n) is 5.39. The molecule has 1 aromatic carbocycles. The smallest absolute Gasteiger partial charge is 0.329 e. The van der Waals surface area contributed by atoms with Gasteiger partial charge in [-0.1, -0.05) is 39.1 Å². The molecular weight excluding hydrogens is 375 g/mol. The van der Waals surface area contributed by atoms with E-state index in [9.17, 15) is 9.59 Å². The first kappa shape index (κ1) is 17.0. The summed E-state index contributed by atoms with van der Waals surface area (Å²) in [4.78, 5) is 21.8. The van der Waals surface area contributed by atoms with Gasteiger partial charge in [0.1, 0.15) is 6.61 Å². The van der Waals surface area contributed by atoms with Gasteiger partial charge in [-0.25, -0.2) is 9.59 Å². The number of carbonyl (C=O) groups excluding carboxylic acids is 1. The Balaban J connectivity index is 2.41. The van der Waals surface area contributed by atoms with Gasteiger partial charge in [0.25, 0.3) is 0 Å². The summed E-state index contributed by atoms with van der Waals surface area (Å²) in [7, 11) is 0. The molecule has 0 fully saturated rings. The molecule has 0 radical (unpaired) electrons. The molecule has 2 amide bonds. The molecule has 9 heteroatoms. The lowest BCUT2D eigenvalue weighted by Crippen LogP contribution is -2.32. The monoisotopic (exact) mass is 384 g/mol. The summed E-state index contributed by atoms with van der Waals surface area (Å²) in [5.74, 6) is -1.07. The van der Waals surface area contributed by atoms with Crippen molar-refractivity contribution >= 4 is 56.8 Å². The van der Waals surface area contributed by atoms with Crippen molar-refractivity contribution in [3.05, 3.63) is 26.7 Å². The molecule has 1 rings (SSSR count). The number of carboxylic acid groups (broad SMARTS) is 1. The lowest BCUT2D eigenvalue weighted by atomic mass is 10.3. The van der Waals surface area contributed by atoms with Gasteiger partial charge < -0.3 is 20.5 Å². The second-order valence-electron chi connectivity index (χ2n) is 3.57. The normalized spacial score (nSPS) is 10.2. The number of amides is 2. The highest BCUT2D eigenvalue weighted by atomic mass is 79.9. The number of hydrogen-bond acceptors (Lipinski definition) is 3. The number of aliphatic carboxylic acids is 1. The second-order valence-corrected chi connectivity index (χ2v) is 5.30. The van der Waals surface area contributed by atoms with Gasteiger partial charge in [0.05, 0.1) is 22.3 Å². The summed E-state index contributed by atoms with van der Waals surface area (Å²) < 4.78 is 5.45. The number of hydrogen-bond donors (Lipinski definition) is 3. The van der Waals surface area contributed by atoms with Gasteiger partial charge in [0.15, 0.2) is 0 Å². The number of benzene rings is 1. The van der Waals surface area contributed by atoms with E-state index in [1.165, 1.54) is 0 Å². The zero-order chi connectivity index (χ0) is 15.1. The molecule has 0 aliphatic carbocycles. The van der Waals surface area contributed by atoms with Gasteiger partial charge in [0, 0.05) is 11.0 Å². The van der Waals surface area contributed by atoms with Crippen molar-refractivity contribution < 1.29 is 19.4 Å². The maximum Gasteiger partial charge on any atom is 0.329 e. The molecular formula is C11H11BrCl2N2O4. The lowest BCUT2D eigenvalue weighted by molar-refractivity contribution is -0.142. The Morgan fingerprint density at radius 2 is 1.90 bits per heavy atom. The summed E-state index contributed by atoms with van der Waals surface area (Å²) >= 11 is 15.1. The number of carboxylic acids is 1. The molecule has 6 nitrogen and oxygen atoms in total. The van der Waals surface area contributed by atoms with Gasteiger partial charge in [-0.15, -0.1) is 0 Å². The van der Waals surface area contributed by atoms with Crippen molar-refractivity contribution in [3.8, 4) is 0 Å². The van der Waals surface area contributed by atoms with Crippen LogP contribution in [0.3, 0.4) is 0 Å². The summed E-state index contributed by atoms with van der Waals surface area (Å²) in [5, 5.41) is 13.9. The molecule has 0 spiro atoms. The van der Waals surface area contributed by atoms with Crippen molar-refractivity contribution in [1.82, 2.24) is 5.32 Å². The van der Waals surface area contributed by atoms with E-state index in [-0.39, 0.29) is 13.2 Å². The van der Waals surface area contributed by atoms with Crippen molar-refractivity contribution in [2.75, 3.05) is 25.1 Å². The Bertz CT molecular complexity index is 490. The molecule has 0 aliphatic rings. The number of urea groups is 1. The van der Waals surface area contributed by atoms with Gasteiger partial charge in [-0.3, -0.25) is 0 Å². The van der Waals surface area contributed by atoms with Crippen LogP contribution in [0.2, 0.25) is 10.0 Å². The van der Waals surface area contributed by atoms with E-state index in [0.717, 1.165) is 0 Å². The quantitative estimate of drug-likeness (QED) is 0.657. The number of ether oxygens (including phenoxy) is 1. The third-order valence-electron chi connectivity index (χ3n) is 2.00. The third-order valence-corrected chi connectivity index (χ3v) is 3.06. The predicted octanol–water partition coefficient (Wildman–Crippen LogP) is 2.98. The van der Waals surface area contributed by atoms with E-state index in [4.69, 9.17) is 33.0 Å². The lowest BCUT2D eigenvalue weighted by Gasteiger charge is -2.11. The highest BCUT2D eigenvalue weighted by Gasteiger charge is 2.10. The zero-order valence-electron chi connectivity index (χ0n) is 10.1. The Labute approximate surface area is 133 Å². The predicted molar refractivity (Wildman–Crippen MR) is 79.6 cm³/mol. The van der Waals surface area contributed by atoms with Crippen LogP contribution in [0.1, 0.15) is 0 Å². The van der Waals surface area contributed by atoms with Gasteiger partial charge >= 0.3 is 12.0 Å². The first-order valence-corrected chi connectivity index (χ1v) is 6.94. The molecule has 0 saturated heterocycles. The highest BCUT2D eigenvalue weighted by Crippen LogP contribution is 2.33. The molecule has 1 aromatic rings. The van der Waals surface area contributed by atoms with Gasteiger partial charge in [-0.2, -0.15) is 0 Å². The number of nitrogens with one attached hydrogen (secondary N) is 2. The fourth-order valence-electron chi connectivity index (χ4n) is 1.22. The minimum atomic E-state index is -1.07. The Morgan fingerprint density at radius 1 is 1.30 bits per heavy atom. The summed E-state index contributed by atoms with van der Waals surface area (Å²) in [6.07, 6.45) is 0. The molecule has 0 bridgehead atoms. The average Bonchev–Trinajstić information content (AvgIpc) is 2.33. The van der Waals surface area contributed by atoms with Crippen LogP contribution in [0, 0.1) is 0 Å². The van der Waals surface area contributed by atoms with E-state index in [1.807, 2.05) is 0 Å². The average molecular weight is 386 g/mol. The van der Waals surface area contributed by atoms with E-state index in [1.54, 1.807) is 12.1 Å². The molecule has 110 valence electrons. The van der Waals surface area contributed by atoms with Crippen LogP contribution in [0.4, 0.5) is 10.5 Å². The molecule has 0 aromatic heterocycles. The largest absolute Gasteiger partial charge is 0.480 e. The molecule has 3 N–H and O–H groups in total. The molecule has 0 saturated carbocycles. The first-order chi connectivity index (χ1) is 9.40. The number of anilines is 1. The molecule has 20 heavy (non-hydrogen) atoms. The van der Waals surface area contributed by atoms with E-state index >= 15 is 0 Å². The maximum absolute atomic E-state index is 11.6. The minimum Gasteiger partial charge on any atom is -0.480 e. The van der Waals surface area contributed by atoms with Crippen LogP contribution in [0.25, 0.3) is 0 Å². The fourth-order valence-corrected chi connectivity index (χ4v) is 2.52. The summed E-state index contributed by atoms with van der Waals surface area (Å²) in [6.45, 7) is -0.167. The molecule has 0 unspecified atom stereocenters. The molecule has 0 atom stereocenters. The Hall–Kier alpha value is -1.02. The Kier molecular flexibility index (Phi) is 7.08. The number of halogens is 3. The van der Waals surface area contributed by atoms with Gasteiger partial charge in [0.2, 0.25) is 0 Å². The fraction of sp³-hybridized carbons (Fsp3) is 0.273. The zero-order valence-corrected chi connectivity index (χ0v) is 13.2. The van der Waals surface area contributed by atoms with Crippen LogP contribution < -0.4 is 10.6 Å². The number of rotatable bonds is 6. The molecule has 0 heterocycles. The van der Waals surface area contributed by atoms with Crippen LogP contribution >= 0.6 is 39.1 Å². The van der Waals surface area contributed by atoms with Gasteiger partial charge in [-0.05, 0) is 12.1 Å².